The molecule has 0 atom stereocenters. The fraction of sp³-hybridized carbons (Fsp3) is 1.00. The normalized spacial score (nSPS) is 6.67. The standard InChI is InChI=1S/CH2I2O.HI.Ti/c2-1(3)4;;/h1,4H;1H;/q;;+1/p-1. The molecule has 0 heterocycles. The quantitative estimate of drug-likeness (QED) is 0.335. The first-order chi connectivity index (χ1) is 2.73. The van der Waals surface area contributed by atoms with Gasteiger partial charge in [0.1, 0.15) is 0 Å². The van der Waals surface area contributed by atoms with Gasteiger partial charge in [0.15, 0.2) is 2.12 Å². The number of alkyl halides is 2. The van der Waals surface area contributed by atoms with Crippen LogP contribution in [-0.2, 0) is 16.7 Å². The van der Waals surface area contributed by atoms with Crippen LogP contribution in [0, 0.1) is 0 Å². The van der Waals surface area contributed by atoms with E-state index >= 15 is 0 Å². The fourth-order valence-electron chi connectivity index (χ4n) is 0. The summed E-state index contributed by atoms with van der Waals surface area (Å²) >= 11 is 7.89. The van der Waals surface area contributed by atoms with Crippen LogP contribution in [0.5, 0.6) is 0 Å². The number of hydrogen-bond donors (Lipinski definition) is 1. The van der Waals surface area contributed by atoms with Crippen molar-refractivity contribution in [3.8, 4) is 0 Å². The summed E-state index contributed by atoms with van der Waals surface area (Å²) in [5.41, 5.74) is 0. The van der Waals surface area contributed by atoms with Gasteiger partial charge in [0.2, 0.25) is 0 Å². The predicted octanol–water partition coefficient (Wildman–Crippen LogP) is 2.02. The zero-order valence-corrected chi connectivity index (χ0v) is 10.7. The Kier molecular flexibility index (Phi) is 20.9. The summed E-state index contributed by atoms with van der Waals surface area (Å²) in [4.78, 5) is 0. The Morgan fingerprint density at radius 1 is 1.33 bits per heavy atom. The van der Waals surface area contributed by atoms with Gasteiger partial charge < -0.3 is 5.11 Å². The first kappa shape index (κ1) is 11.6. The molecule has 6 heavy (non-hydrogen) atoms. The van der Waals surface area contributed by atoms with Crippen molar-refractivity contribution in [1.29, 1.82) is 0 Å². The van der Waals surface area contributed by atoms with E-state index in [0.717, 1.165) is 0 Å². The third-order valence-electron chi connectivity index (χ3n) is 0. The molecule has 0 rings (SSSR count). The number of aliphatic hydroxyl groups is 1. The summed E-state index contributed by atoms with van der Waals surface area (Å²) in [6, 6.07) is 0. The summed E-state index contributed by atoms with van der Waals surface area (Å²) in [5, 5.41) is 8.03. The van der Waals surface area contributed by atoms with Gasteiger partial charge in [-0.3, -0.25) is 0 Å². The van der Waals surface area contributed by atoms with Crippen LogP contribution in [0.15, 0.2) is 0 Å². The minimum absolute atomic E-state index is 0.227. The van der Waals surface area contributed by atoms with Crippen molar-refractivity contribution in [2.24, 2.45) is 0 Å². The van der Waals surface area contributed by atoms with Crippen LogP contribution in [0.1, 0.15) is 0 Å². The molecule has 0 aromatic rings. The molecule has 0 fully saturated rings. The predicted molar refractivity (Wildman–Crippen MR) is 48.1 cm³/mol. The average Bonchev–Trinajstić information content (AvgIpc) is 1.41. The molecule has 0 spiro atoms. The third kappa shape index (κ3) is 28.8. The Hall–Kier alpha value is 2.86. The zero-order chi connectivity index (χ0) is 5.58. The number of rotatable bonds is 0. The summed E-state index contributed by atoms with van der Waals surface area (Å²) in [5.74, 6) is 0. The average molecular weight is 459 g/mol. The maximum atomic E-state index is 8.03. The molecule has 0 saturated heterocycles. The van der Waals surface area contributed by atoms with Crippen molar-refractivity contribution < 1.29 is 21.8 Å². The second-order valence-electron chi connectivity index (χ2n) is 0.278. The molecule has 1 nitrogen and oxygen atoms in total. The van der Waals surface area contributed by atoms with Crippen molar-refractivity contribution in [2.75, 3.05) is 0 Å². The van der Waals surface area contributed by atoms with Gasteiger partial charge in [-0.05, 0) is 45.2 Å². The summed E-state index contributed by atoms with van der Waals surface area (Å²) < 4.78 is -0.227. The SMILES string of the molecule is OC(I)I.[Ti][I]. The van der Waals surface area contributed by atoms with Crippen molar-refractivity contribution in [3.05, 3.63) is 0 Å². The Balaban J connectivity index is 0. The Morgan fingerprint density at radius 3 is 1.33 bits per heavy atom. The molecule has 5 heteroatoms. The van der Waals surface area contributed by atoms with Crippen LogP contribution in [0.4, 0.5) is 0 Å². The van der Waals surface area contributed by atoms with Gasteiger partial charge in [-0.25, -0.2) is 0 Å². The molecule has 0 aromatic heterocycles. The van der Waals surface area contributed by atoms with E-state index in [1.165, 1.54) is 0 Å². The first-order valence-corrected chi connectivity index (χ1v) is 8.41. The molecule has 0 aliphatic heterocycles. The molecular weight excluding hydrogens is 457 g/mol. The molecule has 0 radical (unpaired) electrons. The number of aliphatic hydroxyl groups excluding tert-OH is 1. The van der Waals surface area contributed by atoms with E-state index < -0.39 is 0 Å². The third-order valence-corrected chi connectivity index (χ3v) is 0. The van der Waals surface area contributed by atoms with E-state index in [1.807, 2.05) is 61.9 Å². The topological polar surface area (TPSA) is 20.2 Å². The second kappa shape index (κ2) is 10.8. The molecule has 0 unspecified atom stereocenters. The van der Waals surface area contributed by atoms with Crippen molar-refractivity contribution in [1.82, 2.24) is 0 Å². The molecule has 0 bridgehead atoms. The zero-order valence-electron chi connectivity index (χ0n) is 2.66. The van der Waals surface area contributed by atoms with E-state index in [0.29, 0.717) is 0 Å². The van der Waals surface area contributed by atoms with Gasteiger partial charge in [-0.15, -0.1) is 0 Å². The van der Waals surface area contributed by atoms with Crippen molar-refractivity contribution in [3.63, 3.8) is 0 Å². The summed E-state index contributed by atoms with van der Waals surface area (Å²) in [6.07, 6.45) is 0. The van der Waals surface area contributed by atoms with E-state index in [1.54, 1.807) is 0 Å². The molecule has 0 aliphatic rings. The Bertz CT molecular complexity index is 15.5. The summed E-state index contributed by atoms with van der Waals surface area (Å²) in [7, 11) is 0. The Morgan fingerprint density at radius 2 is 1.33 bits per heavy atom. The Labute approximate surface area is 86.4 Å². The van der Waals surface area contributed by atoms with Crippen LogP contribution < -0.4 is 0 Å². The molecule has 0 aromatic carbocycles. The maximum absolute atomic E-state index is 8.03. The van der Waals surface area contributed by atoms with Gasteiger partial charge in [-0.2, -0.15) is 0 Å². The van der Waals surface area contributed by atoms with Crippen LogP contribution in [0.2, 0.25) is 0 Å². The van der Waals surface area contributed by atoms with Crippen LogP contribution >= 0.6 is 64.4 Å². The van der Waals surface area contributed by atoms with E-state index in [-0.39, 0.29) is 2.12 Å². The van der Waals surface area contributed by atoms with E-state index in [2.05, 4.69) is 19.2 Å². The molecule has 0 saturated carbocycles. The van der Waals surface area contributed by atoms with Gasteiger partial charge >= 0.3 is 35.9 Å². The number of halogens is 3. The van der Waals surface area contributed by atoms with Crippen molar-refractivity contribution in [2.45, 2.75) is 2.12 Å². The molecule has 0 amide bonds. The van der Waals surface area contributed by atoms with E-state index in [4.69, 9.17) is 5.11 Å². The van der Waals surface area contributed by atoms with Gasteiger partial charge in [0, 0.05) is 0 Å². The second-order valence-corrected chi connectivity index (χ2v) is 5.02. The van der Waals surface area contributed by atoms with Crippen molar-refractivity contribution >= 4 is 64.4 Å². The molecule has 0 aliphatic carbocycles. The fourth-order valence-corrected chi connectivity index (χ4v) is 0. The van der Waals surface area contributed by atoms with Crippen LogP contribution in [-0.4, -0.2) is 7.22 Å². The van der Waals surface area contributed by atoms with Gasteiger partial charge in [0.25, 0.3) is 0 Å². The molecule has 37 valence electrons. The van der Waals surface area contributed by atoms with Gasteiger partial charge in [-0.1, -0.05) is 0 Å². The monoisotopic (exact) mass is 459 g/mol. The van der Waals surface area contributed by atoms with E-state index in [9.17, 15) is 0 Å². The molecular formula is CH2I3OTi. The van der Waals surface area contributed by atoms with Crippen LogP contribution in [0.3, 0.4) is 0 Å². The van der Waals surface area contributed by atoms with Crippen LogP contribution in [0.25, 0.3) is 0 Å². The first-order valence-electron chi connectivity index (χ1n) is 0.884. The molecule has 1 N–H and O–H groups in total. The summed E-state index contributed by atoms with van der Waals surface area (Å²) in [6.45, 7) is 0. The van der Waals surface area contributed by atoms with Gasteiger partial charge in [0.05, 0.1) is 0 Å². The minimum atomic E-state index is -0.227. The number of hydrogen-bond acceptors (Lipinski definition) is 1.